The number of phenolic OH excluding ortho intramolecular Hbond substituents is 1. The Hall–Kier alpha value is -1.91. The van der Waals surface area contributed by atoms with E-state index < -0.39 is 0 Å². The van der Waals surface area contributed by atoms with E-state index >= 15 is 0 Å². The predicted molar refractivity (Wildman–Crippen MR) is 54.8 cm³/mol. The van der Waals surface area contributed by atoms with Crippen LogP contribution in [0.15, 0.2) is 18.2 Å². The molecule has 6 N–H and O–H groups in total. The number of nitrogens with one attached hydrogen (secondary N) is 1. The Labute approximate surface area is 81.7 Å². The van der Waals surface area contributed by atoms with Crippen LogP contribution in [0, 0.1) is 0 Å². The lowest BCUT2D eigenvalue weighted by Gasteiger charge is -2.07. The van der Waals surface area contributed by atoms with Gasteiger partial charge in [-0.25, -0.2) is 0 Å². The number of benzene rings is 1. The van der Waals surface area contributed by atoms with Gasteiger partial charge in [0.05, 0.1) is 5.69 Å². The maximum absolute atomic E-state index is 10.4. The smallest absolute Gasteiger partial charge is 0.219 e. The van der Waals surface area contributed by atoms with Crippen LogP contribution in [0.5, 0.6) is 5.75 Å². The van der Waals surface area contributed by atoms with Gasteiger partial charge in [-0.2, -0.15) is 0 Å². The maximum Gasteiger partial charge on any atom is 0.219 e. The van der Waals surface area contributed by atoms with Crippen molar-refractivity contribution < 1.29 is 9.90 Å². The predicted octanol–water partition coefficient (Wildman–Crippen LogP) is 0.262. The van der Waals surface area contributed by atoms with E-state index in [9.17, 15) is 9.90 Å². The first-order valence-electron chi connectivity index (χ1n) is 4.20. The fourth-order valence-corrected chi connectivity index (χ4v) is 1.02. The molecule has 0 heterocycles. The Balaban J connectivity index is 2.55. The highest BCUT2D eigenvalue weighted by atomic mass is 16.3. The molecule has 0 saturated carbocycles. The monoisotopic (exact) mass is 195 g/mol. The zero-order chi connectivity index (χ0) is 10.6. The Morgan fingerprint density at radius 2 is 2.21 bits per heavy atom. The van der Waals surface area contributed by atoms with Crippen LogP contribution in [0.3, 0.4) is 0 Å². The summed E-state index contributed by atoms with van der Waals surface area (Å²) in [5, 5.41) is 12.3. The number of nitrogen functional groups attached to an aromatic ring is 1. The van der Waals surface area contributed by atoms with Gasteiger partial charge >= 0.3 is 0 Å². The lowest BCUT2D eigenvalue weighted by molar-refractivity contribution is -0.117. The minimum atomic E-state index is -0.382. The molecule has 0 bridgehead atoms. The number of nitrogens with two attached hydrogens (primary N) is 2. The molecule has 0 aromatic heterocycles. The number of anilines is 2. The van der Waals surface area contributed by atoms with Crippen LogP contribution in [0.2, 0.25) is 0 Å². The first-order chi connectivity index (χ1) is 6.59. The molecule has 0 aliphatic carbocycles. The van der Waals surface area contributed by atoms with E-state index in [4.69, 9.17) is 11.5 Å². The summed E-state index contributed by atoms with van der Waals surface area (Å²) < 4.78 is 0. The highest BCUT2D eigenvalue weighted by Gasteiger charge is 2.00. The van der Waals surface area contributed by atoms with Crippen molar-refractivity contribution in [3.63, 3.8) is 0 Å². The largest absolute Gasteiger partial charge is 0.506 e. The Bertz CT molecular complexity index is 339. The van der Waals surface area contributed by atoms with Gasteiger partial charge in [-0.3, -0.25) is 4.79 Å². The van der Waals surface area contributed by atoms with Crippen molar-refractivity contribution in [3.8, 4) is 5.75 Å². The summed E-state index contributed by atoms with van der Waals surface area (Å²) in [6.45, 7) is 0.396. The highest BCUT2D eigenvalue weighted by molar-refractivity contribution is 5.74. The lowest BCUT2D eigenvalue weighted by atomic mass is 10.2. The third kappa shape index (κ3) is 2.85. The number of carbonyl (C=O) groups excluding carboxylic acids is 1. The summed E-state index contributed by atoms with van der Waals surface area (Å²) in [6, 6.07) is 4.74. The molecule has 0 atom stereocenters. The molecule has 5 heteroatoms. The molecule has 0 spiro atoms. The average molecular weight is 195 g/mol. The van der Waals surface area contributed by atoms with E-state index in [1.807, 2.05) is 0 Å². The van der Waals surface area contributed by atoms with Crippen molar-refractivity contribution in [3.05, 3.63) is 18.2 Å². The summed E-state index contributed by atoms with van der Waals surface area (Å²) in [4.78, 5) is 10.4. The number of phenols is 1. The van der Waals surface area contributed by atoms with Gasteiger partial charge in [0.1, 0.15) is 5.75 Å². The zero-order valence-electron chi connectivity index (χ0n) is 7.66. The van der Waals surface area contributed by atoms with Crippen molar-refractivity contribution in [2.75, 3.05) is 17.6 Å². The molecule has 0 saturated heterocycles. The molecule has 0 aliphatic heterocycles. The van der Waals surface area contributed by atoms with Crippen LogP contribution in [-0.2, 0) is 4.79 Å². The SMILES string of the molecule is NC(=O)CCNc1ccc(N)cc1O. The van der Waals surface area contributed by atoms with Crippen LogP contribution in [0.25, 0.3) is 0 Å². The van der Waals surface area contributed by atoms with Gasteiger partial charge in [-0.1, -0.05) is 0 Å². The normalized spacial score (nSPS) is 9.71. The van der Waals surface area contributed by atoms with E-state index in [-0.39, 0.29) is 18.1 Å². The minimum Gasteiger partial charge on any atom is -0.506 e. The molecule has 0 fully saturated rings. The molecule has 1 rings (SSSR count). The molecule has 1 amide bonds. The second kappa shape index (κ2) is 4.36. The zero-order valence-corrected chi connectivity index (χ0v) is 7.66. The summed E-state index contributed by atoms with van der Waals surface area (Å²) in [7, 11) is 0. The number of aromatic hydroxyl groups is 1. The maximum atomic E-state index is 10.4. The van der Waals surface area contributed by atoms with E-state index in [2.05, 4.69) is 5.32 Å². The molecule has 1 aromatic carbocycles. The topological polar surface area (TPSA) is 101 Å². The van der Waals surface area contributed by atoms with Gasteiger partial charge in [-0.05, 0) is 12.1 Å². The van der Waals surface area contributed by atoms with Gasteiger partial charge in [0.2, 0.25) is 5.91 Å². The van der Waals surface area contributed by atoms with Crippen molar-refractivity contribution in [1.29, 1.82) is 0 Å². The molecule has 1 aromatic rings. The molecular formula is C9H13N3O2. The summed E-state index contributed by atoms with van der Waals surface area (Å²) in [6.07, 6.45) is 0.226. The van der Waals surface area contributed by atoms with Gasteiger partial charge in [0.25, 0.3) is 0 Å². The molecule has 14 heavy (non-hydrogen) atoms. The minimum absolute atomic E-state index is 0.0643. The van der Waals surface area contributed by atoms with Crippen molar-refractivity contribution in [1.82, 2.24) is 0 Å². The molecule has 0 unspecified atom stereocenters. The Morgan fingerprint density at radius 1 is 1.50 bits per heavy atom. The van der Waals surface area contributed by atoms with Crippen LogP contribution in [-0.4, -0.2) is 17.6 Å². The summed E-state index contributed by atoms with van der Waals surface area (Å²) >= 11 is 0. The number of carbonyl (C=O) groups is 1. The van der Waals surface area contributed by atoms with Gasteiger partial charge in [0.15, 0.2) is 0 Å². The fourth-order valence-electron chi connectivity index (χ4n) is 1.02. The number of hydrogen-bond acceptors (Lipinski definition) is 4. The first kappa shape index (κ1) is 10.2. The van der Waals surface area contributed by atoms with E-state index in [0.29, 0.717) is 17.9 Å². The Kier molecular flexibility index (Phi) is 3.17. The van der Waals surface area contributed by atoms with Crippen LogP contribution >= 0.6 is 0 Å². The van der Waals surface area contributed by atoms with Gasteiger partial charge in [-0.15, -0.1) is 0 Å². The number of hydrogen-bond donors (Lipinski definition) is 4. The molecule has 5 nitrogen and oxygen atoms in total. The number of primary amides is 1. The standard InChI is InChI=1S/C9H13N3O2/c10-6-1-2-7(8(13)5-6)12-4-3-9(11)14/h1-2,5,12-13H,3-4,10H2,(H2,11,14). The molecule has 0 aliphatic rings. The molecule has 76 valence electrons. The summed E-state index contributed by atoms with van der Waals surface area (Å²) in [5.41, 5.74) is 11.4. The van der Waals surface area contributed by atoms with Crippen LogP contribution in [0.1, 0.15) is 6.42 Å². The average Bonchev–Trinajstić information content (AvgIpc) is 2.08. The quantitative estimate of drug-likeness (QED) is 0.409. The lowest BCUT2D eigenvalue weighted by Crippen LogP contribution is -2.15. The van der Waals surface area contributed by atoms with Crippen LogP contribution in [0.4, 0.5) is 11.4 Å². The second-order valence-corrected chi connectivity index (χ2v) is 2.92. The third-order valence-corrected chi connectivity index (χ3v) is 1.71. The van der Waals surface area contributed by atoms with Crippen molar-refractivity contribution >= 4 is 17.3 Å². The molecule has 0 radical (unpaired) electrons. The van der Waals surface area contributed by atoms with Gasteiger partial charge in [0, 0.05) is 24.7 Å². The number of amides is 1. The van der Waals surface area contributed by atoms with E-state index in [1.54, 1.807) is 12.1 Å². The second-order valence-electron chi connectivity index (χ2n) is 2.92. The third-order valence-electron chi connectivity index (χ3n) is 1.71. The van der Waals surface area contributed by atoms with Gasteiger partial charge < -0.3 is 21.9 Å². The molecular weight excluding hydrogens is 182 g/mol. The number of rotatable bonds is 4. The van der Waals surface area contributed by atoms with Crippen molar-refractivity contribution in [2.24, 2.45) is 5.73 Å². The highest BCUT2D eigenvalue weighted by Crippen LogP contribution is 2.24. The first-order valence-corrected chi connectivity index (χ1v) is 4.20. The van der Waals surface area contributed by atoms with Crippen molar-refractivity contribution in [2.45, 2.75) is 6.42 Å². The van der Waals surface area contributed by atoms with Crippen LogP contribution < -0.4 is 16.8 Å². The Morgan fingerprint density at radius 3 is 2.79 bits per heavy atom. The summed E-state index contributed by atoms with van der Waals surface area (Å²) in [5.74, 6) is -0.318. The van der Waals surface area contributed by atoms with E-state index in [0.717, 1.165) is 0 Å². The van der Waals surface area contributed by atoms with E-state index in [1.165, 1.54) is 6.07 Å². The fraction of sp³-hybridized carbons (Fsp3) is 0.222.